The van der Waals surface area contributed by atoms with E-state index in [0.717, 1.165) is 4.68 Å². The van der Waals surface area contributed by atoms with E-state index in [4.69, 9.17) is 5.11 Å². The van der Waals surface area contributed by atoms with E-state index in [1.54, 1.807) is 32.0 Å². The number of nitrogens with one attached hydrogen (secondary N) is 1. The third-order valence-corrected chi connectivity index (χ3v) is 4.63. The summed E-state index contributed by atoms with van der Waals surface area (Å²) in [7, 11) is 0. The van der Waals surface area contributed by atoms with Crippen LogP contribution >= 0.6 is 0 Å². The van der Waals surface area contributed by atoms with Crippen LogP contribution in [0.4, 0.5) is 23.7 Å². The van der Waals surface area contributed by atoms with Crippen LogP contribution in [-0.4, -0.2) is 27.2 Å². The molecule has 1 amide bonds. The number of carboxylic acid groups (broad SMARTS) is 1. The zero-order valence-corrected chi connectivity index (χ0v) is 15.2. The number of rotatable bonds is 4. The molecule has 0 fully saturated rings. The van der Waals surface area contributed by atoms with E-state index in [2.05, 4.69) is 10.4 Å². The van der Waals surface area contributed by atoms with Crippen molar-refractivity contribution in [2.24, 2.45) is 0 Å². The fraction of sp³-hybridized carbons (Fsp3) is 0.200. The number of halogens is 3. The van der Waals surface area contributed by atoms with Crippen molar-refractivity contribution in [3.05, 3.63) is 83.2 Å². The van der Waals surface area contributed by atoms with Crippen LogP contribution < -0.4 is 5.32 Å². The fourth-order valence-electron chi connectivity index (χ4n) is 3.51. The van der Waals surface area contributed by atoms with Gasteiger partial charge in [0, 0.05) is 18.1 Å². The molecule has 146 valence electrons. The Balaban J connectivity index is 2.37. The van der Waals surface area contributed by atoms with E-state index in [9.17, 15) is 18.0 Å². The van der Waals surface area contributed by atoms with Gasteiger partial charge < -0.3 is 5.11 Å². The third-order valence-electron chi connectivity index (χ3n) is 4.63. The molecule has 2 N–H and O–H groups in total. The fourth-order valence-corrected chi connectivity index (χ4v) is 3.51. The summed E-state index contributed by atoms with van der Waals surface area (Å²) >= 11 is 0. The lowest BCUT2D eigenvalue weighted by Gasteiger charge is -2.37. The van der Waals surface area contributed by atoms with E-state index >= 15 is 0 Å². The van der Waals surface area contributed by atoms with E-state index in [1.807, 2.05) is 0 Å². The molecule has 0 radical (unpaired) electrons. The molecular formula is C20H18F3N3O2. The van der Waals surface area contributed by atoms with Gasteiger partial charge in [-0.1, -0.05) is 42.5 Å². The van der Waals surface area contributed by atoms with Gasteiger partial charge in [0.05, 0.1) is 0 Å². The van der Waals surface area contributed by atoms with Crippen LogP contribution in [0.5, 0.6) is 0 Å². The van der Waals surface area contributed by atoms with Crippen LogP contribution in [-0.2, 0) is 5.54 Å². The normalized spacial score (nSPS) is 13.8. The largest absolute Gasteiger partial charge is 0.465 e. The summed E-state index contributed by atoms with van der Waals surface area (Å²) in [5.74, 6) is 0. The molecule has 28 heavy (non-hydrogen) atoms. The van der Waals surface area contributed by atoms with Gasteiger partial charge in [0.1, 0.15) is 0 Å². The molecule has 1 heterocycles. The first kappa shape index (κ1) is 19.5. The molecule has 0 bridgehead atoms. The quantitative estimate of drug-likeness (QED) is 0.664. The summed E-state index contributed by atoms with van der Waals surface area (Å²) < 4.78 is 45.0. The zero-order chi connectivity index (χ0) is 20.5. The highest BCUT2D eigenvalue weighted by atomic mass is 19.4. The molecule has 5 nitrogen and oxygen atoms in total. The number of alkyl halides is 3. The van der Waals surface area contributed by atoms with Crippen LogP contribution in [0.2, 0.25) is 0 Å². The lowest BCUT2D eigenvalue weighted by Crippen LogP contribution is -2.50. The van der Waals surface area contributed by atoms with Crippen molar-refractivity contribution in [1.82, 2.24) is 9.78 Å². The molecule has 3 aromatic rings. The predicted octanol–water partition coefficient (Wildman–Crippen LogP) is 4.94. The Kier molecular flexibility index (Phi) is 4.89. The number of aromatic nitrogens is 2. The Morgan fingerprint density at radius 1 is 1.04 bits per heavy atom. The monoisotopic (exact) mass is 389 g/mol. The average molecular weight is 389 g/mol. The Bertz CT molecular complexity index is 963. The molecule has 0 saturated heterocycles. The minimum Gasteiger partial charge on any atom is -0.465 e. The Hall–Kier alpha value is -3.29. The number of hydrogen-bond donors (Lipinski definition) is 2. The number of aryl methyl sites for hydroxylation is 2. The summed E-state index contributed by atoms with van der Waals surface area (Å²) in [6, 6.07) is 11.7. The van der Waals surface area contributed by atoms with Gasteiger partial charge in [0.15, 0.2) is 0 Å². The van der Waals surface area contributed by atoms with Crippen LogP contribution in [0.3, 0.4) is 0 Å². The van der Waals surface area contributed by atoms with Crippen LogP contribution in [0.15, 0.2) is 60.9 Å². The maximum absolute atomic E-state index is 14.7. The molecule has 0 aliphatic heterocycles. The number of anilines is 1. The van der Waals surface area contributed by atoms with Crippen LogP contribution in [0, 0.1) is 13.8 Å². The lowest BCUT2D eigenvalue weighted by molar-refractivity contribution is -0.189. The molecule has 0 aliphatic rings. The predicted molar refractivity (Wildman–Crippen MR) is 98.5 cm³/mol. The molecule has 0 spiro atoms. The Morgan fingerprint density at radius 3 is 2.11 bits per heavy atom. The first-order valence-corrected chi connectivity index (χ1v) is 8.42. The molecular weight excluding hydrogens is 371 g/mol. The molecule has 0 aliphatic carbocycles. The van der Waals surface area contributed by atoms with Gasteiger partial charge >= 0.3 is 12.3 Å². The highest BCUT2D eigenvalue weighted by Gasteiger charge is 2.59. The topological polar surface area (TPSA) is 67.2 Å². The smallest absolute Gasteiger partial charge is 0.422 e. The van der Waals surface area contributed by atoms with E-state index in [1.165, 1.54) is 42.7 Å². The van der Waals surface area contributed by atoms with Crippen molar-refractivity contribution >= 4 is 11.8 Å². The van der Waals surface area contributed by atoms with Crippen molar-refractivity contribution in [1.29, 1.82) is 0 Å². The number of hydrogen-bond acceptors (Lipinski definition) is 2. The first-order valence-electron chi connectivity index (χ1n) is 8.42. The highest BCUT2D eigenvalue weighted by molar-refractivity contribution is 5.85. The average Bonchev–Trinajstić information content (AvgIpc) is 3.13. The van der Waals surface area contributed by atoms with E-state index in [-0.39, 0.29) is 16.8 Å². The zero-order valence-electron chi connectivity index (χ0n) is 15.2. The van der Waals surface area contributed by atoms with E-state index < -0.39 is 17.8 Å². The highest BCUT2D eigenvalue weighted by Crippen LogP contribution is 2.48. The Labute approximate surface area is 159 Å². The lowest BCUT2D eigenvalue weighted by atomic mass is 9.80. The van der Waals surface area contributed by atoms with Gasteiger partial charge in [-0.15, -0.1) is 0 Å². The molecule has 2 aromatic carbocycles. The summed E-state index contributed by atoms with van der Waals surface area (Å²) in [6.45, 7) is 3.13. The van der Waals surface area contributed by atoms with Gasteiger partial charge in [-0.25, -0.2) is 9.48 Å². The molecule has 1 aromatic heterocycles. The van der Waals surface area contributed by atoms with Gasteiger partial charge in [0.2, 0.25) is 5.54 Å². The molecule has 1 atom stereocenters. The van der Waals surface area contributed by atoms with Gasteiger partial charge in [-0.2, -0.15) is 18.3 Å². The minimum absolute atomic E-state index is 0.00365. The minimum atomic E-state index is -4.72. The third kappa shape index (κ3) is 3.11. The maximum atomic E-state index is 14.7. The van der Waals surface area contributed by atoms with Gasteiger partial charge in [-0.05, 0) is 42.2 Å². The SMILES string of the molecule is Cc1cc(C(c2ccccc2)(n2cccn2)C(F)(F)F)cc(C)c1NC(=O)O. The van der Waals surface area contributed by atoms with Crippen molar-refractivity contribution in [2.75, 3.05) is 5.32 Å². The number of carbonyl (C=O) groups is 1. The summed E-state index contributed by atoms with van der Waals surface area (Å²) in [5.41, 5.74) is -1.58. The van der Waals surface area contributed by atoms with Crippen molar-refractivity contribution in [3.63, 3.8) is 0 Å². The van der Waals surface area contributed by atoms with Crippen LogP contribution in [0.1, 0.15) is 22.3 Å². The maximum Gasteiger partial charge on any atom is 0.422 e. The van der Waals surface area contributed by atoms with Gasteiger partial charge in [-0.3, -0.25) is 5.32 Å². The standard InChI is InChI=1S/C20H18F3N3O2/c1-13-11-16(12-14(2)17(13)25-18(27)28)19(20(21,22)23,26-10-6-9-24-26)15-7-4-3-5-8-15/h3-12,25H,1-2H3,(H,27,28). The van der Waals surface area contributed by atoms with Gasteiger partial charge in [0.25, 0.3) is 0 Å². The summed E-state index contributed by atoms with van der Waals surface area (Å²) in [5, 5.41) is 15.2. The summed E-state index contributed by atoms with van der Waals surface area (Å²) in [4.78, 5) is 11.0. The van der Waals surface area contributed by atoms with Crippen molar-refractivity contribution in [3.8, 4) is 0 Å². The van der Waals surface area contributed by atoms with Crippen LogP contribution in [0.25, 0.3) is 0 Å². The molecule has 0 saturated carbocycles. The number of nitrogens with zero attached hydrogens (tertiary/aromatic N) is 2. The molecule has 1 unspecified atom stereocenters. The second kappa shape index (κ2) is 7.03. The second-order valence-electron chi connectivity index (χ2n) is 6.44. The number of amides is 1. The van der Waals surface area contributed by atoms with Crippen molar-refractivity contribution in [2.45, 2.75) is 25.6 Å². The molecule has 3 rings (SSSR count). The Morgan fingerprint density at radius 2 is 1.64 bits per heavy atom. The first-order chi connectivity index (χ1) is 13.2. The van der Waals surface area contributed by atoms with Crippen molar-refractivity contribution < 1.29 is 23.1 Å². The second-order valence-corrected chi connectivity index (χ2v) is 6.44. The molecule has 8 heteroatoms. The summed E-state index contributed by atoms with van der Waals surface area (Å²) in [6.07, 6.45) is -3.44. The number of benzene rings is 2. The van der Waals surface area contributed by atoms with E-state index in [0.29, 0.717) is 11.1 Å².